The Morgan fingerprint density at radius 2 is 1.47 bits per heavy atom. The molecule has 4 nitrogen and oxygen atoms in total. The smallest absolute Gasteiger partial charge is 0.350 e. The van der Waals surface area contributed by atoms with Crippen molar-refractivity contribution in [1.29, 1.82) is 5.26 Å². The van der Waals surface area contributed by atoms with Crippen LogP contribution >= 0.6 is 0 Å². The Labute approximate surface area is 180 Å². The third kappa shape index (κ3) is 7.60. The second-order valence-electron chi connectivity index (χ2n) is 7.04. The number of nitrogens with zero attached hydrogens (tertiary/aromatic N) is 1. The summed E-state index contributed by atoms with van der Waals surface area (Å²) in [6.07, 6.45) is 0.482. The molecule has 0 aliphatic heterocycles. The number of ether oxygens (including phenoxy) is 2. The zero-order chi connectivity index (χ0) is 22.6. The van der Waals surface area contributed by atoms with E-state index < -0.39 is 11.6 Å². The van der Waals surface area contributed by atoms with Crippen molar-refractivity contribution in [3.63, 3.8) is 0 Å². The minimum Gasteiger partial charge on any atom is -0.499 e. The predicted molar refractivity (Wildman–Crippen MR) is 121 cm³/mol. The Hall–Kier alpha value is -3.32. The Morgan fingerprint density at radius 3 is 1.87 bits per heavy atom. The molecule has 2 aromatic carbocycles. The molecule has 4 heteroatoms. The van der Waals surface area contributed by atoms with Crippen molar-refractivity contribution in [2.75, 3.05) is 6.61 Å². The Kier molecular flexibility index (Phi) is 10.1. The van der Waals surface area contributed by atoms with Crippen LogP contribution in [0.15, 0.2) is 78.6 Å². The summed E-state index contributed by atoms with van der Waals surface area (Å²) in [7, 11) is 0. The molecule has 0 heterocycles. The fourth-order valence-electron chi connectivity index (χ4n) is 2.69. The maximum atomic E-state index is 12.9. The van der Waals surface area contributed by atoms with E-state index in [1.165, 1.54) is 0 Å². The molecule has 0 N–H and O–H groups in total. The van der Waals surface area contributed by atoms with E-state index in [1.807, 2.05) is 74.5 Å². The molecule has 0 radical (unpaired) electrons. The molecule has 0 aliphatic rings. The number of hydrogen-bond donors (Lipinski definition) is 0. The first-order valence-electron chi connectivity index (χ1n) is 10.1. The van der Waals surface area contributed by atoms with Gasteiger partial charge in [0.05, 0.1) is 12.4 Å². The lowest BCUT2D eigenvalue weighted by Gasteiger charge is -2.25. The van der Waals surface area contributed by atoms with Gasteiger partial charge in [-0.25, -0.2) is 4.79 Å². The standard InChI is InChI=1S/C24H25NO3.C2H6/c1-18(2)27-16-15-24(3,4)28-23(26)21(17-25)22(19-11-7-5-8-12-19)20-13-9-6-10-14-20;1-2/h5-14H,1,15-16H2,2-4H3;1-2H3. The largest absolute Gasteiger partial charge is 0.499 e. The highest BCUT2D eigenvalue weighted by Crippen LogP contribution is 2.28. The average Bonchev–Trinajstić information content (AvgIpc) is 2.73. The van der Waals surface area contributed by atoms with Crippen molar-refractivity contribution in [2.45, 2.75) is 46.6 Å². The maximum absolute atomic E-state index is 12.9. The highest BCUT2D eigenvalue weighted by Gasteiger charge is 2.27. The summed E-state index contributed by atoms with van der Waals surface area (Å²) >= 11 is 0. The molecule has 0 unspecified atom stereocenters. The average molecular weight is 406 g/mol. The van der Waals surface area contributed by atoms with Crippen LogP contribution in [0.2, 0.25) is 0 Å². The number of carbonyl (C=O) groups excluding carboxylic acids is 1. The fraction of sp³-hybridized carbons (Fsp3) is 0.308. The minimum absolute atomic E-state index is 0.0219. The van der Waals surface area contributed by atoms with Crippen molar-refractivity contribution in [3.8, 4) is 6.07 Å². The monoisotopic (exact) mass is 405 g/mol. The number of carbonyl (C=O) groups is 1. The van der Waals surface area contributed by atoms with Crippen LogP contribution in [0, 0.1) is 11.3 Å². The van der Waals surface area contributed by atoms with Crippen LogP contribution in [0.25, 0.3) is 5.57 Å². The van der Waals surface area contributed by atoms with Crippen LogP contribution in [-0.4, -0.2) is 18.2 Å². The van der Waals surface area contributed by atoms with Crippen molar-refractivity contribution in [1.82, 2.24) is 0 Å². The quantitative estimate of drug-likeness (QED) is 0.224. The summed E-state index contributed by atoms with van der Waals surface area (Å²) in [5.41, 5.74) is 1.32. The van der Waals surface area contributed by atoms with Crippen LogP contribution in [0.5, 0.6) is 0 Å². The van der Waals surface area contributed by atoms with Gasteiger partial charge in [0.2, 0.25) is 0 Å². The van der Waals surface area contributed by atoms with E-state index in [1.54, 1.807) is 20.8 Å². The molecule has 158 valence electrons. The number of nitriles is 1. The lowest BCUT2D eigenvalue weighted by Crippen LogP contribution is -2.30. The first kappa shape index (κ1) is 24.7. The normalized spacial score (nSPS) is 10.0. The van der Waals surface area contributed by atoms with Crippen LogP contribution in [0.4, 0.5) is 0 Å². The number of hydrogen-bond acceptors (Lipinski definition) is 4. The Morgan fingerprint density at radius 1 is 1.00 bits per heavy atom. The van der Waals surface area contributed by atoms with Gasteiger partial charge >= 0.3 is 5.97 Å². The van der Waals surface area contributed by atoms with E-state index in [4.69, 9.17) is 9.47 Å². The SMILES string of the molecule is C=C(C)OCCC(C)(C)OC(=O)C(C#N)=C(c1ccccc1)c1ccccc1.CC. The molecule has 0 spiro atoms. The molecule has 0 saturated carbocycles. The molecule has 0 aliphatic carbocycles. The van der Waals surface area contributed by atoms with Gasteiger partial charge in [-0.05, 0) is 31.9 Å². The summed E-state index contributed by atoms with van der Waals surface area (Å²) < 4.78 is 11.0. The topological polar surface area (TPSA) is 59.3 Å². The van der Waals surface area contributed by atoms with Gasteiger partial charge in [0.1, 0.15) is 17.2 Å². The van der Waals surface area contributed by atoms with Gasteiger partial charge < -0.3 is 9.47 Å². The van der Waals surface area contributed by atoms with Crippen molar-refractivity contribution in [3.05, 3.63) is 89.7 Å². The highest BCUT2D eigenvalue weighted by atomic mass is 16.6. The van der Waals surface area contributed by atoms with Crippen molar-refractivity contribution >= 4 is 11.5 Å². The van der Waals surface area contributed by atoms with Crippen LogP contribution in [-0.2, 0) is 14.3 Å². The Balaban J connectivity index is 0.00000218. The number of esters is 1. The molecule has 2 rings (SSSR count). The highest BCUT2D eigenvalue weighted by molar-refractivity contribution is 6.05. The summed E-state index contributed by atoms with van der Waals surface area (Å²) in [4.78, 5) is 12.9. The molecule has 0 saturated heterocycles. The van der Waals surface area contributed by atoms with Gasteiger partial charge in [0, 0.05) is 12.0 Å². The van der Waals surface area contributed by atoms with Gasteiger partial charge in [-0.15, -0.1) is 0 Å². The zero-order valence-electron chi connectivity index (χ0n) is 18.6. The van der Waals surface area contributed by atoms with E-state index in [0.717, 1.165) is 11.1 Å². The van der Waals surface area contributed by atoms with E-state index >= 15 is 0 Å². The van der Waals surface area contributed by atoms with Crippen LogP contribution in [0.3, 0.4) is 0 Å². The molecular weight excluding hydrogens is 374 g/mol. The Bertz CT molecular complexity index is 849. The first-order valence-corrected chi connectivity index (χ1v) is 10.1. The number of allylic oxidation sites excluding steroid dienone is 1. The molecule has 2 aromatic rings. The van der Waals surface area contributed by atoms with Crippen molar-refractivity contribution < 1.29 is 14.3 Å². The fourth-order valence-corrected chi connectivity index (χ4v) is 2.69. The van der Waals surface area contributed by atoms with Gasteiger partial charge in [-0.2, -0.15) is 5.26 Å². The molecule has 0 amide bonds. The predicted octanol–water partition coefficient (Wildman–Crippen LogP) is 6.30. The van der Waals surface area contributed by atoms with E-state index in [2.05, 4.69) is 12.6 Å². The first-order chi connectivity index (χ1) is 14.3. The van der Waals surface area contributed by atoms with Gasteiger partial charge in [-0.1, -0.05) is 81.1 Å². The summed E-state index contributed by atoms with van der Waals surface area (Å²) in [6.45, 7) is 13.4. The van der Waals surface area contributed by atoms with Gasteiger partial charge in [0.25, 0.3) is 0 Å². The van der Waals surface area contributed by atoms with E-state index in [9.17, 15) is 10.1 Å². The molecule has 0 aromatic heterocycles. The molecule has 30 heavy (non-hydrogen) atoms. The third-order valence-corrected chi connectivity index (χ3v) is 4.11. The second kappa shape index (κ2) is 12.3. The number of rotatable bonds is 8. The van der Waals surface area contributed by atoms with E-state index in [0.29, 0.717) is 24.4 Å². The van der Waals surface area contributed by atoms with Gasteiger partial charge in [0.15, 0.2) is 0 Å². The minimum atomic E-state index is -0.785. The van der Waals surface area contributed by atoms with E-state index in [-0.39, 0.29) is 5.57 Å². The van der Waals surface area contributed by atoms with Crippen LogP contribution < -0.4 is 0 Å². The van der Waals surface area contributed by atoms with Gasteiger partial charge in [-0.3, -0.25) is 0 Å². The molecule has 0 atom stereocenters. The lowest BCUT2D eigenvalue weighted by molar-refractivity contribution is -0.152. The summed E-state index contributed by atoms with van der Waals surface area (Å²) in [5.74, 6) is -0.0410. The van der Waals surface area contributed by atoms with Crippen LogP contribution in [0.1, 0.15) is 52.2 Å². The number of benzene rings is 2. The summed E-state index contributed by atoms with van der Waals surface area (Å²) in [5, 5.41) is 9.79. The third-order valence-electron chi connectivity index (χ3n) is 4.11. The molecule has 0 fully saturated rings. The maximum Gasteiger partial charge on any atom is 0.350 e. The molecular formula is C26H31NO3. The molecule has 0 bridgehead atoms. The van der Waals surface area contributed by atoms with Crippen molar-refractivity contribution in [2.24, 2.45) is 0 Å². The lowest BCUT2D eigenvalue weighted by atomic mass is 9.93. The second-order valence-corrected chi connectivity index (χ2v) is 7.04. The summed E-state index contributed by atoms with van der Waals surface area (Å²) in [6, 6.07) is 20.8. The zero-order valence-corrected chi connectivity index (χ0v) is 18.6.